The van der Waals surface area contributed by atoms with E-state index in [0.29, 0.717) is 6.61 Å². The molecule has 0 saturated carbocycles. The molecule has 3 rings (SSSR count). The van der Waals surface area contributed by atoms with Crippen LogP contribution in [0.1, 0.15) is 17.2 Å². The maximum atomic E-state index is 6.24. The summed E-state index contributed by atoms with van der Waals surface area (Å²) < 4.78 is 12.4. The van der Waals surface area contributed by atoms with Crippen molar-refractivity contribution in [3.05, 3.63) is 77.9 Å². The number of hydrogen-bond acceptors (Lipinski definition) is 2. The molecular formula is C23H24O2Si. The fourth-order valence-corrected chi connectivity index (χ4v) is 3.75. The molecule has 2 nitrogen and oxygen atoms in total. The summed E-state index contributed by atoms with van der Waals surface area (Å²) in [5.41, 5.74) is 2.04. The number of terminal acetylenes is 1. The topological polar surface area (TPSA) is 18.5 Å². The molecule has 0 spiro atoms. The van der Waals surface area contributed by atoms with E-state index >= 15 is 0 Å². The number of benzene rings is 3. The molecular weight excluding hydrogens is 336 g/mol. The molecule has 0 heterocycles. The highest BCUT2D eigenvalue weighted by atomic mass is 28.4. The predicted molar refractivity (Wildman–Crippen MR) is 111 cm³/mol. The van der Waals surface area contributed by atoms with Crippen molar-refractivity contribution in [1.82, 2.24) is 0 Å². The maximum absolute atomic E-state index is 6.24. The van der Waals surface area contributed by atoms with Crippen LogP contribution in [0.4, 0.5) is 0 Å². The van der Waals surface area contributed by atoms with Crippen molar-refractivity contribution in [3.63, 3.8) is 0 Å². The van der Waals surface area contributed by atoms with Crippen LogP contribution in [0.3, 0.4) is 0 Å². The van der Waals surface area contributed by atoms with Crippen LogP contribution in [-0.2, 0) is 11.0 Å². The maximum Gasteiger partial charge on any atom is 0.185 e. The van der Waals surface area contributed by atoms with Crippen LogP contribution >= 0.6 is 0 Å². The Balaban J connectivity index is 1.99. The van der Waals surface area contributed by atoms with Gasteiger partial charge in [0.15, 0.2) is 8.32 Å². The lowest BCUT2D eigenvalue weighted by molar-refractivity contribution is 0.241. The molecule has 1 atom stereocenters. The molecule has 0 N–H and O–H groups in total. The standard InChI is InChI=1S/C23H24O2Si/c1-5-22(25-26(2,3)4)21-15-19-13-9-10-14-20(19)16-23(21)24-17-18-11-7-6-8-12-18/h1,6-16,22H,17H2,2-4H3. The molecule has 132 valence electrons. The third kappa shape index (κ3) is 4.54. The van der Waals surface area contributed by atoms with Crippen molar-refractivity contribution in [2.75, 3.05) is 0 Å². The van der Waals surface area contributed by atoms with Crippen molar-refractivity contribution in [2.45, 2.75) is 32.4 Å². The third-order valence-electron chi connectivity index (χ3n) is 4.02. The van der Waals surface area contributed by atoms with E-state index in [1.165, 1.54) is 0 Å². The summed E-state index contributed by atoms with van der Waals surface area (Å²) in [7, 11) is -1.80. The monoisotopic (exact) mass is 360 g/mol. The van der Waals surface area contributed by atoms with Crippen LogP contribution in [0.2, 0.25) is 19.6 Å². The summed E-state index contributed by atoms with van der Waals surface area (Å²) >= 11 is 0. The number of fused-ring (bicyclic) bond motifs is 1. The molecule has 0 radical (unpaired) electrons. The smallest absolute Gasteiger partial charge is 0.185 e. The first-order valence-corrected chi connectivity index (χ1v) is 12.2. The lowest BCUT2D eigenvalue weighted by atomic mass is 10.0. The van der Waals surface area contributed by atoms with E-state index in [4.69, 9.17) is 15.6 Å². The second kappa shape index (κ2) is 7.78. The van der Waals surface area contributed by atoms with Gasteiger partial charge < -0.3 is 9.16 Å². The van der Waals surface area contributed by atoms with Gasteiger partial charge in [-0.15, -0.1) is 6.42 Å². The Kier molecular flexibility index (Phi) is 5.46. The predicted octanol–water partition coefficient (Wildman–Crippen LogP) is 5.94. The largest absolute Gasteiger partial charge is 0.488 e. The number of hydrogen-bond donors (Lipinski definition) is 0. The van der Waals surface area contributed by atoms with E-state index in [-0.39, 0.29) is 0 Å². The van der Waals surface area contributed by atoms with Crippen LogP contribution < -0.4 is 4.74 Å². The molecule has 3 aromatic carbocycles. The molecule has 0 aromatic heterocycles. The Labute approximate surface area is 156 Å². The van der Waals surface area contributed by atoms with E-state index < -0.39 is 14.4 Å². The zero-order valence-corrected chi connectivity index (χ0v) is 16.5. The van der Waals surface area contributed by atoms with Crippen molar-refractivity contribution in [1.29, 1.82) is 0 Å². The molecule has 1 unspecified atom stereocenters. The van der Waals surface area contributed by atoms with Gasteiger partial charge in [0.05, 0.1) is 0 Å². The number of ether oxygens (including phenoxy) is 1. The zero-order valence-electron chi connectivity index (χ0n) is 15.5. The van der Waals surface area contributed by atoms with E-state index in [9.17, 15) is 0 Å². The molecule has 0 aliphatic rings. The minimum Gasteiger partial charge on any atom is -0.488 e. The Morgan fingerprint density at radius 2 is 1.54 bits per heavy atom. The van der Waals surface area contributed by atoms with Crippen molar-refractivity contribution in [3.8, 4) is 18.1 Å². The van der Waals surface area contributed by atoms with Crippen molar-refractivity contribution in [2.24, 2.45) is 0 Å². The van der Waals surface area contributed by atoms with Crippen molar-refractivity contribution < 1.29 is 9.16 Å². The molecule has 0 amide bonds. The highest BCUT2D eigenvalue weighted by Crippen LogP contribution is 2.34. The van der Waals surface area contributed by atoms with Crippen LogP contribution in [0.15, 0.2) is 66.7 Å². The van der Waals surface area contributed by atoms with E-state index in [0.717, 1.165) is 27.6 Å². The Bertz CT molecular complexity index is 920. The Hall–Kier alpha value is -2.54. The highest BCUT2D eigenvalue weighted by Gasteiger charge is 2.24. The highest BCUT2D eigenvalue weighted by molar-refractivity contribution is 6.69. The first kappa shape index (κ1) is 18.3. The van der Waals surface area contributed by atoms with Crippen LogP contribution in [0.25, 0.3) is 10.8 Å². The second-order valence-electron chi connectivity index (χ2n) is 7.29. The van der Waals surface area contributed by atoms with Gasteiger partial charge in [-0.2, -0.15) is 0 Å². The molecule has 3 heteroatoms. The average Bonchev–Trinajstić information content (AvgIpc) is 2.64. The number of rotatable bonds is 6. The molecule has 3 aromatic rings. The van der Waals surface area contributed by atoms with Gasteiger partial charge in [0.1, 0.15) is 18.5 Å². The summed E-state index contributed by atoms with van der Waals surface area (Å²) in [4.78, 5) is 0. The average molecular weight is 361 g/mol. The van der Waals surface area contributed by atoms with Crippen LogP contribution in [-0.4, -0.2) is 8.32 Å². The van der Waals surface area contributed by atoms with Crippen molar-refractivity contribution >= 4 is 19.1 Å². The Morgan fingerprint density at radius 3 is 2.15 bits per heavy atom. The normalized spacial score (nSPS) is 12.5. The fourth-order valence-electron chi connectivity index (χ4n) is 2.84. The van der Waals surface area contributed by atoms with Gasteiger partial charge in [-0.1, -0.05) is 60.5 Å². The summed E-state index contributed by atoms with van der Waals surface area (Å²) in [5.74, 6) is 3.60. The first-order chi connectivity index (χ1) is 12.5. The molecule has 0 saturated heterocycles. The molecule has 0 aliphatic carbocycles. The Morgan fingerprint density at radius 1 is 0.923 bits per heavy atom. The van der Waals surface area contributed by atoms with Gasteiger partial charge in [0, 0.05) is 5.56 Å². The van der Waals surface area contributed by atoms with Gasteiger partial charge in [-0.25, -0.2) is 0 Å². The summed E-state index contributed by atoms with van der Waals surface area (Å²) in [6, 6.07) is 22.5. The van der Waals surface area contributed by atoms with Gasteiger partial charge in [-0.05, 0) is 48.1 Å². The molecule has 0 bridgehead atoms. The third-order valence-corrected chi connectivity index (χ3v) is 4.96. The van der Waals surface area contributed by atoms with Crippen LogP contribution in [0.5, 0.6) is 5.75 Å². The first-order valence-electron chi connectivity index (χ1n) is 8.79. The quantitative estimate of drug-likeness (QED) is 0.400. The van der Waals surface area contributed by atoms with Gasteiger partial charge in [0.2, 0.25) is 0 Å². The molecule has 26 heavy (non-hydrogen) atoms. The zero-order chi connectivity index (χ0) is 18.6. The summed E-state index contributed by atoms with van der Waals surface area (Å²) in [6.07, 6.45) is 5.42. The SMILES string of the molecule is C#CC(O[Si](C)(C)C)c1cc2ccccc2cc1OCc1ccccc1. The lowest BCUT2D eigenvalue weighted by Crippen LogP contribution is -2.27. The minimum atomic E-state index is -1.80. The molecule has 0 aliphatic heterocycles. The second-order valence-corrected chi connectivity index (χ2v) is 11.7. The van der Waals surface area contributed by atoms with E-state index in [1.54, 1.807) is 0 Å². The lowest BCUT2D eigenvalue weighted by Gasteiger charge is -2.25. The summed E-state index contributed by atoms with van der Waals surface area (Å²) in [6.45, 7) is 6.92. The van der Waals surface area contributed by atoms with E-state index in [1.807, 2.05) is 30.3 Å². The van der Waals surface area contributed by atoms with Gasteiger partial charge >= 0.3 is 0 Å². The summed E-state index contributed by atoms with van der Waals surface area (Å²) in [5, 5.41) is 2.26. The fraction of sp³-hybridized carbons (Fsp3) is 0.217. The molecule has 0 fully saturated rings. The van der Waals surface area contributed by atoms with Crippen LogP contribution in [0, 0.1) is 12.3 Å². The minimum absolute atomic E-state index is 0.406. The van der Waals surface area contributed by atoms with Gasteiger partial charge in [-0.3, -0.25) is 0 Å². The van der Waals surface area contributed by atoms with Gasteiger partial charge in [0.25, 0.3) is 0 Å². The van der Waals surface area contributed by atoms with E-state index in [2.05, 4.69) is 62.0 Å².